The lowest BCUT2D eigenvalue weighted by atomic mass is 9.71. The van der Waals surface area contributed by atoms with Crippen LogP contribution in [-0.4, -0.2) is 30.4 Å². The molecule has 98 valence electrons. The predicted molar refractivity (Wildman–Crippen MR) is 69.3 cm³/mol. The summed E-state index contributed by atoms with van der Waals surface area (Å²) in [5, 5.41) is 3.07. The minimum Gasteiger partial charge on any atom is -0.450 e. The molecule has 1 aliphatic rings. The fraction of sp³-hybridized carbons (Fsp3) is 0.833. The first kappa shape index (κ1) is 14.5. The third kappa shape index (κ3) is 3.98. The van der Waals surface area contributed by atoms with E-state index < -0.39 is 6.09 Å². The minimum atomic E-state index is -0.431. The monoisotopic (exact) mass is 305 g/mol. The molecule has 0 unspecified atom stereocenters. The number of nitrogens with one attached hydrogen (secondary N) is 1. The van der Waals surface area contributed by atoms with Gasteiger partial charge in [0.1, 0.15) is 0 Å². The number of halogens is 1. The van der Waals surface area contributed by atoms with Crippen LogP contribution in [0.2, 0.25) is 0 Å². The Morgan fingerprint density at radius 1 is 1.29 bits per heavy atom. The Bertz CT molecular complexity index is 275. The molecule has 0 bridgehead atoms. The van der Waals surface area contributed by atoms with Crippen molar-refractivity contribution in [1.82, 2.24) is 5.32 Å². The molecule has 5 heteroatoms. The van der Waals surface area contributed by atoms with Crippen LogP contribution in [0.1, 0.15) is 39.0 Å². The van der Waals surface area contributed by atoms with Crippen LogP contribution in [-0.2, 0) is 9.53 Å². The lowest BCUT2D eigenvalue weighted by Crippen LogP contribution is -2.45. The maximum atomic E-state index is 12.0. The molecule has 0 aromatic rings. The van der Waals surface area contributed by atoms with Crippen molar-refractivity contribution < 1.29 is 14.3 Å². The van der Waals surface area contributed by atoms with E-state index in [0.717, 1.165) is 25.7 Å². The van der Waals surface area contributed by atoms with Crippen molar-refractivity contribution in [1.29, 1.82) is 0 Å². The van der Waals surface area contributed by atoms with Crippen LogP contribution in [0.15, 0.2) is 0 Å². The predicted octanol–water partition coefficient (Wildman–Crippen LogP) is 2.65. The molecular weight excluding hydrogens is 286 g/mol. The molecule has 1 N–H and O–H groups in total. The molecule has 0 saturated heterocycles. The van der Waals surface area contributed by atoms with Gasteiger partial charge in [-0.15, -0.1) is 0 Å². The van der Waals surface area contributed by atoms with Gasteiger partial charge in [0.05, 0.1) is 11.9 Å². The van der Waals surface area contributed by atoms with Crippen LogP contribution in [0, 0.1) is 5.41 Å². The largest absolute Gasteiger partial charge is 0.450 e. The molecule has 1 amide bonds. The van der Waals surface area contributed by atoms with Crippen molar-refractivity contribution in [3.63, 3.8) is 0 Å². The zero-order valence-electron chi connectivity index (χ0n) is 10.3. The molecule has 1 rings (SSSR count). The first-order valence-electron chi connectivity index (χ1n) is 6.14. The van der Waals surface area contributed by atoms with E-state index >= 15 is 0 Å². The molecule has 0 spiro atoms. The first-order chi connectivity index (χ1) is 8.14. The highest BCUT2D eigenvalue weighted by Gasteiger charge is 2.38. The van der Waals surface area contributed by atoms with E-state index in [0.29, 0.717) is 18.5 Å². The third-order valence-electron chi connectivity index (χ3n) is 3.37. The number of hydrogen-bond donors (Lipinski definition) is 1. The van der Waals surface area contributed by atoms with E-state index in [1.807, 2.05) is 0 Å². The lowest BCUT2D eigenvalue weighted by molar-refractivity contribution is -0.127. The van der Waals surface area contributed by atoms with E-state index in [1.54, 1.807) is 6.92 Å². The minimum absolute atomic E-state index is 0.189. The molecule has 1 fully saturated rings. The Morgan fingerprint density at radius 3 is 2.47 bits per heavy atom. The topological polar surface area (TPSA) is 55.4 Å². The fourth-order valence-electron chi connectivity index (χ4n) is 2.35. The van der Waals surface area contributed by atoms with Gasteiger partial charge in [0, 0.05) is 12.0 Å². The van der Waals surface area contributed by atoms with Gasteiger partial charge in [-0.2, -0.15) is 0 Å². The molecular formula is C12H20BrNO3. The number of amides is 1. The van der Waals surface area contributed by atoms with Crippen molar-refractivity contribution in [2.24, 2.45) is 5.41 Å². The average Bonchev–Trinajstić information content (AvgIpc) is 2.37. The van der Waals surface area contributed by atoms with Crippen LogP contribution >= 0.6 is 15.9 Å². The first-order valence-corrected chi connectivity index (χ1v) is 7.26. The van der Waals surface area contributed by atoms with Gasteiger partial charge in [0.25, 0.3) is 0 Å². The van der Waals surface area contributed by atoms with Gasteiger partial charge >= 0.3 is 6.09 Å². The lowest BCUT2D eigenvalue weighted by Gasteiger charge is -2.35. The van der Waals surface area contributed by atoms with Gasteiger partial charge in [-0.3, -0.25) is 4.79 Å². The van der Waals surface area contributed by atoms with Crippen LogP contribution in [0.3, 0.4) is 0 Å². The highest BCUT2D eigenvalue weighted by atomic mass is 79.9. The van der Waals surface area contributed by atoms with E-state index in [-0.39, 0.29) is 11.2 Å². The molecule has 17 heavy (non-hydrogen) atoms. The smallest absolute Gasteiger partial charge is 0.407 e. The van der Waals surface area contributed by atoms with E-state index in [4.69, 9.17) is 4.74 Å². The van der Waals surface area contributed by atoms with Crippen molar-refractivity contribution in [3.8, 4) is 0 Å². The number of alkyl carbamates (subject to hydrolysis) is 1. The van der Waals surface area contributed by atoms with Gasteiger partial charge in [-0.1, -0.05) is 35.2 Å². The Balaban J connectivity index is 2.57. The van der Waals surface area contributed by atoms with Gasteiger partial charge in [-0.25, -0.2) is 4.79 Å². The number of carbonyl (C=O) groups is 2. The summed E-state index contributed by atoms with van der Waals surface area (Å²) in [5.74, 6) is 0.189. The number of rotatable bonds is 5. The Hall–Kier alpha value is -0.580. The van der Waals surface area contributed by atoms with Gasteiger partial charge < -0.3 is 10.1 Å². The van der Waals surface area contributed by atoms with Crippen LogP contribution in [0.5, 0.6) is 0 Å². The normalized spacial score (nSPS) is 18.5. The van der Waals surface area contributed by atoms with Gasteiger partial charge in [0.15, 0.2) is 5.78 Å². The second-order valence-electron chi connectivity index (χ2n) is 4.47. The van der Waals surface area contributed by atoms with E-state index in [9.17, 15) is 9.59 Å². The van der Waals surface area contributed by atoms with Crippen LogP contribution < -0.4 is 5.32 Å². The van der Waals surface area contributed by atoms with E-state index in [1.165, 1.54) is 6.42 Å². The summed E-state index contributed by atoms with van der Waals surface area (Å²) < 4.78 is 4.82. The Kier molecular flexibility index (Phi) is 5.95. The van der Waals surface area contributed by atoms with E-state index in [2.05, 4.69) is 21.2 Å². The number of carbonyl (C=O) groups excluding carboxylic acids is 2. The SMILES string of the molecule is CCOC(=O)NCC1(C(=O)CBr)CCCCC1. The summed E-state index contributed by atoms with van der Waals surface area (Å²) in [6.07, 6.45) is 4.59. The maximum absolute atomic E-state index is 12.0. The molecule has 0 aromatic carbocycles. The number of Topliss-reactive ketones (excluding diaryl/α,β-unsaturated/α-hetero) is 1. The summed E-state index contributed by atoms with van der Waals surface area (Å²) in [5.41, 5.74) is -0.380. The number of ketones is 1. The van der Waals surface area contributed by atoms with Gasteiger partial charge in [-0.05, 0) is 19.8 Å². The standard InChI is InChI=1S/C12H20BrNO3/c1-2-17-11(16)14-9-12(10(15)8-13)6-4-3-5-7-12/h2-9H2,1H3,(H,14,16). The molecule has 0 aromatic heterocycles. The van der Waals surface area contributed by atoms with Gasteiger partial charge in [0.2, 0.25) is 0 Å². The van der Waals surface area contributed by atoms with Crippen molar-refractivity contribution in [3.05, 3.63) is 0 Å². The second-order valence-corrected chi connectivity index (χ2v) is 5.03. The quantitative estimate of drug-likeness (QED) is 0.795. The van der Waals surface area contributed by atoms with Crippen LogP contribution in [0.4, 0.5) is 4.79 Å². The molecule has 1 saturated carbocycles. The summed E-state index contributed by atoms with van der Waals surface area (Å²) in [7, 11) is 0. The summed E-state index contributed by atoms with van der Waals surface area (Å²) in [6, 6.07) is 0. The number of alkyl halides is 1. The molecule has 0 heterocycles. The molecule has 0 aliphatic heterocycles. The molecule has 0 atom stereocenters. The zero-order chi connectivity index (χ0) is 12.7. The number of hydrogen-bond acceptors (Lipinski definition) is 3. The Labute approximate surface area is 111 Å². The molecule has 0 radical (unpaired) electrons. The van der Waals surface area contributed by atoms with Crippen molar-refractivity contribution in [2.75, 3.05) is 18.5 Å². The Morgan fingerprint density at radius 2 is 1.94 bits per heavy atom. The summed E-state index contributed by atoms with van der Waals surface area (Å²) >= 11 is 3.23. The maximum Gasteiger partial charge on any atom is 0.407 e. The highest BCUT2D eigenvalue weighted by Crippen LogP contribution is 2.37. The number of ether oxygens (including phenoxy) is 1. The molecule has 4 nitrogen and oxygen atoms in total. The second kappa shape index (κ2) is 6.99. The van der Waals surface area contributed by atoms with Crippen molar-refractivity contribution in [2.45, 2.75) is 39.0 Å². The van der Waals surface area contributed by atoms with Crippen LogP contribution in [0.25, 0.3) is 0 Å². The molecule has 1 aliphatic carbocycles. The highest BCUT2D eigenvalue weighted by molar-refractivity contribution is 9.09. The average molecular weight is 306 g/mol. The summed E-state index contributed by atoms with van der Waals surface area (Å²) in [4.78, 5) is 23.3. The summed E-state index contributed by atoms with van der Waals surface area (Å²) in [6.45, 7) is 2.51. The zero-order valence-corrected chi connectivity index (χ0v) is 11.8. The van der Waals surface area contributed by atoms with Crippen molar-refractivity contribution >= 4 is 27.8 Å². The fourth-order valence-corrected chi connectivity index (χ4v) is 2.94. The third-order valence-corrected chi connectivity index (χ3v) is 3.88.